The number of sulfonamides is 1. The van der Waals surface area contributed by atoms with E-state index in [1.165, 1.54) is 4.31 Å². The fourth-order valence-electron chi connectivity index (χ4n) is 3.67. The molecule has 0 N–H and O–H groups in total. The van der Waals surface area contributed by atoms with Crippen molar-refractivity contribution in [2.75, 3.05) is 6.61 Å². The van der Waals surface area contributed by atoms with Gasteiger partial charge in [0, 0.05) is 0 Å². The van der Waals surface area contributed by atoms with Gasteiger partial charge in [-0.3, -0.25) is 4.79 Å². The molecular weight excluding hydrogens is 342 g/mol. The highest BCUT2D eigenvalue weighted by atomic mass is 32.2. The van der Waals surface area contributed by atoms with Gasteiger partial charge in [-0.25, -0.2) is 8.42 Å². The molecule has 6 nitrogen and oxygen atoms in total. The molecule has 0 amide bonds. The van der Waals surface area contributed by atoms with Crippen molar-refractivity contribution < 1.29 is 22.7 Å². The van der Waals surface area contributed by atoms with Crippen molar-refractivity contribution in [3.05, 3.63) is 29.8 Å². The van der Waals surface area contributed by atoms with Crippen LogP contribution in [-0.2, 0) is 24.3 Å². The maximum absolute atomic E-state index is 13.2. The molecule has 2 unspecified atom stereocenters. The van der Waals surface area contributed by atoms with Crippen LogP contribution in [0.25, 0.3) is 0 Å². The van der Waals surface area contributed by atoms with Crippen LogP contribution >= 0.6 is 0 Å². The Morgan fingerprint density at radius 3 is 2.60 bits per heavy atom. The summed E-state index contributed by atoms with van der Waals surface area (Å²) in [4.78, 5) is 12.2. The van der Waals surface area contributed by atoms with Gasteiger partial charge in [-0.1, -0.05) is 30.5 Å². The summed E-state index contributed by atoms with van der Waals surface area (Å²) in [5.41, 5.74) is 0.996. The van der Waals surface area contributed by atoms with Gasteiger partial charge >= 0.3 is 5.97 Å². The second-order valence-electron chi connectivity index (χ2n) is 6.64. The lowest BCUT2D eigenvalue weighted by molar-refractivity contribution is -0.147. The highest BCUT2D eigenvalue weighted by molar-refractivity contribution is 7.89. The van der Waals surface area contributed by atoms with E-state index >= 15 is 0 Å². The minimum atomic E-state index is -3.74. The molecule has 1 saturated carbocycles. The van der Waals surface area contributed by atoms with Crippen LogP contribution in [0, 0.1) is 6.92 Å². The van der Waals surface area contributed by atoms with Gasteiger partial charge in [0.15, 0.2) is 0 Å². The molecular formula is C18H25NO5S. The lowest BCUT2D eigenvalue weighted by Crippen LogP contribution is -2.45. The van der Waals surface area contributed by atoms with E-state index in [0.717, 1.165) is 31.2 Å². The number of carbonyl (C=O) groups is 1. The second-order valence-corrected chi connectivity index (χ2v) is 8.48. The average molecular weight is 367 g/mol. The lowest BCUT2D eigenvalue weighted by Gasteiger charge is -2.30. The van der Waals surface area contributed by atoms with Crippen molar-refractivity contribution in [1.29, 1.82) is 0 Å². The number of hydrogen-bond donors (Lipinski definition) is 0. The predicted octanol–water partition coefficient (Wildman–Crippen LogP) is 2.61. The van der Waals surface area contributed by atoms with Crippen molar-refractivity contribution in [1.82, 2.24) is 4.31 Å². The van der Waals surface area contributed by atoms with E-state index in [4.69, 9.17) is 9.47 Å². The topological polar surface area (TPSA) is 72.9 Å². The summed E-state index contributed by atoms with van der Waals surface area (Å²) < 4.78 is 38.9. The molecule has 0 spiro atoms. The van der Waals surface area contributed by atoms with Crippen LogP contribution in [0.4, 0.5) is 0 Å². The first-order valence-corrected chi connectivity index (χ1v) is 10.3. The van der Waals surface area contributed by atoms with Crippen LogP contribution in [0.5, 0.6) is 0 Å². The molecule has 2 aliphatic rings. The molecule has 2 fully saturated rings. The van der Waals surface area contributed by atoms with Gasteiger partial charge in [0.1, 0.15) is 6.23 Å². The van der Waals surface area contributed by atoms with Crippen LogP contribution in [0.15, 0.2) is 29.2 Å². The van der Waals surface area contributed by atoms with Crippen LogP contribution < -0.4 is 0 Å². The maximum atomic E-state index is 13.2. The Kier molecular flexibility index (Phi) is 5.46. The third-order valence-corrected chi connectivity index (χ3v) is 6.78. The van der Waals surface area contributed by atoms with Gasteiger partial charge in [-0.15, -0.1) is 0 Å². The molecule has 1 aromatic rings. The Hall–Kier alpha value is -1.44. The summed E-state index contributed by atoms with van der Waals surface area (Å²) in [5, 5.41) is 0. The van der Waals surface area contributed by atoms with E-state index < -0.39 is 22.2 Å². The van der Waals surface area contributed by atoms with Gasteiger partial charge in [-0.2, -0.15) is 4.31 Å². The van der Waals surface area contributed by atoms with E-state index in [2.05, 4.69) is 0 Å². The molecule has 25 heavy (non-hydrogen) atoms. The summed E-state index contributed by atoms with van der Waals surface area (Å²) in [7, 11) is -3.74. The van der Waals surface area contributed by atoms with E-state index in [1.807, 2.05) is 6.92 Å². The molecule has 1 aliphatic heterocycles. The third-order valence-electron chi connectivity index (χ3n) is 4.85. The zero-order valence-corrected chi connectivity index (χ0v) is 15.5. The molecule has 1 aliphatic carbocycles. The van der Waals surface area contributed by atoms with E-state index in [9.17, 15) is 13.2 Å². The fourth-order valence-corrected chi connectivity index (χ4v) is 5.42. The Balaban J connectivity index is 1.92. The number of fused-ring (bicyclic) bond motifs is 1. The molecule has 0 bridgehead atoms. The summed E-state index contributed by atoms with van der Waals surface area (Å²) in [6.07, 6.45) is 2.56. The molecule has 3 atom stereocenters. The van der Waals surface area contributed by atoms with Gasteiger partial charge in [-0.05, 0) is 38.8 Å². The number of nitrogens with zero attached hydrogens (tertiary/aromatic N) is 1. The predicted molar refractivity (Wildman–Crippen MR) is 92.4 cm³/mol. The summed E-state index contributed by atoms with van der Waals surface area (Å²) in [6.45, 7) is 3.91. The monoisotopic (exact) mass is 367 g/mol. The molecule has 7 heteroatoms. The quantitative estimate of drug-likeness (QED) is 0.748. The SMILES string of the molecule is CCOC(=O)C[C@@H]1OC2CCCCC2N1S(=O)(=O)c1ccc(C)cc1. The smallest absolute Gasteiger partial charge is 0.309 e. The van der Waals surface area contributed by atoms with Crippen molar-refractivity contribution in [2.24, 2.45) is 0 Å². The van der Waals surface area contributed by atoms with Crippen molar-refractivity contribution in [2.45, 2.75) is 69.2 Å². The average Bonchev–Trinajstić information content (AvgIpc) is 2.93. The molecule has 1 aromatic carbocycles. The number of aryl methyl sites for hydroxylation is 1. The Morgan fingerprint density at radius 1 is 1.24 bits per heavy atom. The fraction of sp³-hybridized carbons (Fsp3) is 0.611. The Labute approximate surface area is 149 Å². The maximum Gasteiger partial charge on any atom is 0.309 e. The van der Waals surface area contributed by atoms with Gasteiger partial charge in [0.05, 0.1) is 30.1 Å². The molecule has 0 radical (unpaired) electrons. The van der Waals surface area contributed by atoms with Gasteiger partial charge < -0.3 is 9.47 Å². The zero-order valence-electron chi connectivity index (χ0n) is 14.7. The second kappa shape index (κ2) is 7.43. The van der Waals surface area contributed by atoms with Crippen molar-refractivity contribution in [3.63, 3.8) is 0 Å². The largest absolute Gasteiger partial charge is 0.466 e. The third kappa shape index (κ3) is 3.73. The van der Waals surface area contributed by atoms with Crippen molar-refractivity contribution in [3.8, 4) is 0 Å². The number of hydrogen-bond acceptors (Lipinski definition) is 5. The minimum Gasteiger partial charge on any atom is -0.466 e. The normalized spacial score (nSPS) is 27.0. The van der Waals surface area contributed by atoms with E-state index in [1.54, 1.807) is 31.2 Å². The Bertz CT molecular complexity index is 715. The molecule has 138 valence electrons. The van der Waals surface area contributed by atoms with Crippen molar-refractivity contribution >= 4 is 16.0 Å². The first kappa shape index (κ1) is 18.4. The Morgan fingerprint density at radius 2 is 1.92 bits per heavy atom. The lowest BCUT2D eigenvalue weighted by atomic mass is 9.93. The van der Waals surface area contributed by atoms with Crippen LogP contribution in [-0.4, -0.2) is 43.7 Å². The number of benzene rings is 1. The number of rotatable bonds is 5. The van der Waals surface area contributed by atoms with Gasteiger partial charge in [0.2, 0.25) is 10.0 Å². The van der Waals surface area contributed by atoms with E-state index in [-0.39, 0.29) is 30.1 Å². The molecule has 1 saturated heterocycles. The molecule has 3 rings (SSSR count). The minimum absolute atomic E-state index is 0.0774. The van der Waals surface area contributed by atoms with Crippen LogP contribution in [0.1, 0.15) is 44.6 Å². The highest BCUT2D eigenvalue weighted by Gasteiger charge is 2.50. The first-order chi connectivity index (χ1) is 11.9. The van der Waals surface area contributed by atoms with Crippen LogP contribution in [0.2, 0.25) is 0 Å². The summed E-state index contributed by atoms with van der Waals surface area (Å²) >= 11 is 0. The van der Waals surface area contributed by atoms with Crippen LogP contribution in [0.3, 0.4) is 0 Å². The van der Waals surface area contributed by atoms with E-state index in [0.29, 0.717) is 0 Å². The summed E-state index contributed by atoms with van der Waals surface area (Å²) in [5.74, 6) is -0.435. The van der Waals surface area contributed by atoms with Gasteiger partial charge in [0.25, 0.3) is 0 Å². The molecule has 1 heterocycles. The zero-order chi connectivity index (χ0) is 18.0. The molecule has 0 aromatic heterocycles. The first-order valence-electron chi connectivity index (χ1n) is 8.84. The highest BCUT2D eigenvalue weighted by Crippen LogP contribution is 2.39. The number of ether oxygens (including phenoxy) is 2. The number of carbonyl (C=O) groups excluding carboxylic acids is 1. The number of esters is 1. The summed E-state index contributed by atoms with van der Waals surface area (Å²) in [6, 6.07) is 6.58. The standard InChI is InChI=1S/C18H25NO5S/c1-3-23-18(20)12-17-19(15-6-4-5-7-16(15)24-17)25(21,22)14-10-8-13(2)9-11-14/h8-11,15-17H,3-7,12H2,1-2H3/t15?,16?,17-/m0/s1.